The number of urea groups is 1. The number of sulfonamides is 1. The molecule has 1 N–H and O–H groups in total. The number of nitrogens with one attached hydrogen (secondary N) is 1. The zero-order chi connectivity index (χ0) is 17.0. The van der Waals surface area contributed by atoms with Gasteiger partial charge in [0.2, 0.25) is 10.0 Å². The number of anilines is 1. The monoisotopic (exact) mass is 339 g/mol. The number of nitrogens with zero attached hydrogens (tertiary/aromatic N) is 2. The Morgan fingerprint density at radius 2 is 1.87 bits per heavy atom. The summed E-state index contributed by atoms with van der Waals surface area (Å²) in [6.07, 6.45) is 1.02. The van der Waals surface area contributed by atoms with E-state index in [0.29, 0.717) is 24.7 Å². The van der Waals surface area contributed by atoms with Crippen LogP contribution in [0.2, 0.25) is 0 Å². The Morgan fingerprint density at radius 1 is 1.26 bits per heavy atom. The maximum Gasteiger partial charge on any atom is 0.321 e. The van der Waals surface area contributed by atoms with Gasteiger partial charge >= 0.3 is 6.03 Å². The highest BCUT2D eigenvalue weighted by atomic mass is 32.2. The summed E-state index contributed by atoms with van der Waals surface area (Å²) in [4.78, 5) is 14.2. The van der Waals surface area contributed by atoms with Gasteiger partial charge in [-0.2, -0.15) is 4.31 Å². The molecule has 1 aliphatic rings. The van der Waals surface area contributed by atoms with E-state index in [9.17, 15) is 13.2 Å². The topological polar surface area (TPSA) is 69.7 Å². The lowest BCUT2D eigenvalue weighted by Crippen LogP contribution is -2.33. The Kier molecular flexibility index (Phi) is 5.64. The number of rotatable bonds is 5. The van der Waals surface area contributed by atoms with Crippen molar-refractivity contribution in [1.29, 1.82) is 0 Å². The van der Waals surface area contributed by atoms with Gasteiger partial charge in [0.05, 0.1) is 4.90 Å². The molecule has 1 aromatic carbocycles. The zero-order valence-corrected chi connectivity index (χ0v) is 14.8. The highest BCUT2D eigenvalue weighted by molar-refractivity contribution is 7.89. The molecule has 23 heavy (non-hydrogen) atoms. The van der Waals surface area contributed by atoms with Crippen LogP contribution in [0.25, 0.3) is 0 Å². The van der Waals surface area contributed by atoms with Crippen LogP contribution < -0.4 is 5.32 Å². The van der Waals surface area contributed by atoms with Crippen molar-refractivity contribution < 1.29 is 13.2 Å². The summed E-state index contributed by atoms with van der Waals surface area (Å²) in [7, 11) is -3.46. The number of benzene rings is 1. The quantitative estimate of drug-likeness (QED) is 0.896. The van der Waals surface area contributed by atoms with Crippen molar-refractivity contribution in [3.8, 4) is 0 Å². The molecule has 6 nitrogen and oxygen atoms in total. The van der Waals surface area contributed by atoms with Crippen LogP contribution in [-0.2, 0) is 10.0 Å². The van der Waals surface area contributed by atoms with Gasteiger partial charge in [-0.3, -0.25) is 0 Å². The maximum atomic E-state index is 12.4. The second-order valence-corrected chi connectivity index (χ2v) is 7.82. The first-order valence-electron chi connectivity index (χ1n) is 8.04. The van der Waals surface area contributed by atoms with Gasteiger partial charge in [-0.1, -0.05) is 20.8 Å². The Morgan fingerprint density at radius 3 is 2.35 bits per heavy atom. The summed E-state index contributed by atoms with van der Waals surface area (Å²) in [5.41, 5.74) is 0.605. The fourth-order valence-electron chi connectivity index (χ4n) is 2.74. The largest absolute Gasteiger partial charge is 0.324 e. The molecule has 0 bridgehead atoms. The van der Waals surface area contributed by atoms with Crippen LogP contribution in [0.1, 0.15) is 27.2 Å². The Labute approximate surface area is 138 Å². The molecule has 7 heteroatoms. The van der Waals surface area contributed by atoms with E-state index in [1.54, 1.807) is 17.0 Å². The number of likely N-dealkylation sites (tertiary alicyclic amines) is 1. The Hall–Kier alpha value is -1.60. The van der Waals surface area contributed by atoms with Crippen molar-refractivity contribution in [1.82, 2.24) is 9.21 Å². The molecule has 2 rings (SSSR count). The van der Waals surface area contributed by atoms with Crippen molar-refractivity contribution in [3.63, 3.8) is 0 Å². The first kappa shape index (κ1) is 17.7. The lowest BCUT2D eigenvalue weighted by Gasteiger charge is -2.19. The van der Waals surface area contributed by atoms with Crippen molar-refractivity contribution in [2.75, 3.05) is 31.5 Å². The van der Waals surface area contributed by atoms with E-state index in [2.05, 4.69) is 12.2 Å². The normalized spacial score (nSPS) is 18.4. The average molecular weight is 339 g/mol. The summed E-state index contributed by atoms with van der Waals surface area (Å²) < 4.78 is 26.2. The lowest BCUT2D eigenvalue weighted by atomic mass is 10.2. The molecule has 2 amide bonds. The number of hydrogen-bond acceptors (Lipinski definition) is 3. The van der Waals surface area contributed by atoms with Gasteiger partial charge in [0, 0.05) is 31.9 Å². The van der Waals surface area contributed by atoms with E-state index in [0.717, 1.165) is 19.5 Å². The predicted octanol–water partition coefficient (Wildman–Crippen LogP) is 2.59. The Bertz CT molecular complexity index is 639. The van der Waals surface area contributed by atoms with Crippen LogP contribution in [0.5, 0.6) is 0 Å². The molecule has 1 saturated heterocycles. The smallest absolute Gasteiger partial charge is 0.321 e. The summed E-state index contributed by atoms with van der Waals surface area (Å²) in [5, 5.41) is 2.82. The van der Waals surface area contributed by atoms with E-state index < -0.39 is 10.0 Å². The van der Waals surface area contributed by atoms with E-state index in [-0.39, 0.29) is 10.9 Å². The number of hydrogen-bond donors (Lipinski definition) is 1. The van der Waals surface area contributed by atoms with Crippen LogP contribution in [-0.4, -0.2) is 49.8 Å². The number of carbonyl (C=O) groups is 1. The van der Waals surface area contributed by atoms with Crippen molar-refractivity contribution >= 4 is 21.7 Å². The van der Waals surface area contributed by atoms with Gasteiger partial charge in [-0.15, -0.1) is 0 Å². The SMILES string of the molecule is CCN(CC)S(=O)(=O)c1ccc(NC(=O)N2CC[C@@H](C)C2)cc1. The van der Waals surface area contributed by atoms with Crippen LogP contribution >= 0.6 is 0 Å². The third kappa shape index (κ3) is 4.03. The second-order valence-electron chi connectivity index (χ2n) is 5.88. The summed E-state index contributed by atoms with van der Waals surface area (Å²) in [6, 6.07) is 6.21. The molecule has 0 aliphatic carbocycles. The predicted molar refractivity (Wildman–Crippen MR) is 90.9 cm³/mol. The van der Waals surface area contributed by atoms with Crippen LogP contribution in [0.4, 0.5) is 10.5 Å². The minimum atomic E-state index is -3.46. The lowest BCUT2D eigenvalue weighted by molar-refractivity contribution is 0.221. The van der Waals surface area contributed by atoms with Crippen molar-refractivity contribution in [3.05, 3.63) is 24.3 Å². The molecule has 0 saturated carbocycles. The molecule has 0 unspecified atom stereocenters. The maximum absolute atomic E-state index is 12.4. The van der Waals surface area contributed by atoms with E-state index in [1.807, 2.05) is 13.8 Å². The Balaban J connectivity index is 2.06. The highest BCUT2D eigenvalue weighted by Crippen LogP contribution is 2.20. The van der Waals surface area contributed by atoms with Gasteiger partial charge in [0.25, 0.3) is 0 Å². The van der Waals surface area contributed by atoms with Crippen LogP contribution in [0.15, 0.2) is 29.2 Å². The van der Waals surface area contributed by atoms with Gasteiger partial charge < -0.3 is 10.2 Å². The number of carbonyl (C=O) groups excluding carboxylic acids is 1. The molecule has 0 radical (unpaired) electrons. The minimum Gasteiger partial charge on any atom is -0.324 e. The molecule has 1 atom stereocenters. The first-order valence-corrected chi connectivity index (χ1v) is 9.48. The van der Waals surface area contributed by atoms with E-state index in [1.165, 1.54) is 16.4 Å². The second kappa shape index (κ2) is 7.31. The summed E-state index contributed by atoms with van der Waals surface area (Å²) in [6.45, 7) is 8.15. The third-order valence-corrected chi connectivity index (χ3v) is 6.22. The molecule has 1 fully saturated rings. The van der Waals surface area contributed by atoms with Gasteiger partial charge in [-0.25, -0.2) is 13.2 Å². The molecule has 1 aliphatic heterocycles. The van der Waals surface area contributed by atoms with E-state index in [4.69, 9.17) is 0 Å². The van der Waals surface area contributed by atoms with Crippen LogP contribution in [0.3, 0.4) is 0 Å². The first-order chi connectivity index (χ1) is 10.9. The van der Waals surface area contributed by atoms with Crippen molar-refractivity contribution in [2.45, 2.75) is 32.1 Å². The summed E-state index contributed by atoms with van der Waals surface area (Å²) in [5.74, 6) is 0.530. The minimum absolute atomic E-state index is 0.131. The molecule has 1 aromatic rings. The fraction of sp³-hybridized carbons (Fsp3) is 0.562. The van der Waals surface area contributed by atoms with Crippen LogP contribution in [0, 0.1) is 5.92 Å². The third-order valence-electron chi connectivity index (χ3n) is 4.16. The molecule has 1 heterocycles. The fourth-order valence-corrected chi connectivity index (χ4v) is 4.20. The molecular weight excluding hydrogens is 314 g/mol. The van der Waals surface area contributed by atoms with Gasteiger partial charge in [0.15, 0.2) is 0 Å². The van der Waals surface area contributed by atoms with E-state index >= 15 is 0 Å². The molecular formula is C16H25N3O3S. The highest BCUT2D eigenvalue weighted by Gasteiger charge is 2.24. The number of amides is 2. The van der Waals surface area contributed by atoms with Gasteiger partial charge in [0.1, 0.15) is 0 Å². The average Bonchev–Trinajstić information content (AvgIpc) is 2.95. The standard InChI is InChI=1S/C16H25N3O3S/c1-4-19(5-2)23(21,22)15-8-6-14(7-9-15)17-16(20)18-11-10-13(3)12-18/h6-9,13H,4-5,10-12H2,1-3H3,(H,17,20)/t13-/m1/s1. The zero-order valence-electron chi connectivity index (χ0n) is 13.9. The molecule has 0 spiro atoms. The summed E-state index contributed by atoms with van der Waals surface area (Å²) >= 11 is 0. The van der Waals surface area contributed by atoms with Crippen molar-refractivity contribution in [2.24, 2.45) is 5.92 Å². The molecule has 128 valence electrons. The van der Waals surface area contributed by atoms with Gasteiger partial charge in [-0.05, 0) is 36.6 Å². The molecule has 0 aromatic heterocycles.